The zero-order valence-electron chi connectivity index (χ0n) is 15.9. The quantitative estimate of drug-likeness (QED) is 0.432. The van der Waals surface area contributed by atoms with E-state index in [4.69, 9.17) is 9.47 Å². The first-order chi connectivity index (χ1) is 13.9. The number of nitro groups is 1. The fourth-order valence-electron chi connectivity index (χ4n) is 3.39. The number of methoxy groups -OCH3 is 2. The van der Waals surface area contributed by atoms with Gasteiger partial charge in [0.05, 0.1) is 24.7 Å². The van der Waals surface area contributed by atoms with Crippen LogP contribution in [0.3, 0.4) is 0 Å². The van der Waals surface area contributed by atoms with E-state index in [-0.39, 0.29) is 34.2 Å². The van der Waals surface area contributed by atoms with Gasteiger partial charge in [-0.1, -0.05) is 0 Å². The van der Waals surface area contributed by atoms with Crippen LogP contribution in [0.25, 0.3) is 10.4 Å². The van der Waals surface area contributed by atoms with E-state index in [2.05, 4.69) is 0 Å². The molecule has 0 amide bonds. The molecule has 0 radical (unpaired) electrons. The number of anilines is 1. The van der Waals surface area contributed by atoms with Crippen LogP contribution in [0, 0.1) is 27.4 Å². The molecule has 3 rings (SSSR count). The third kappa shape index (κ3) is 3.74. The summed E-state index contributed by atoms with van der Waals surface area (Å²) in [6.07, 6.45) is 0.721. The Morgan fingerprint density at radius 2 is 2.24 bits per heavy atom. The van der Waals surface area contributed by atoms with E-state index in [9.17, 15) is 25.3 Å². The molecule has 0 unspecified atom stereocenters. The van der Waals surface area contributed by atoms with Crippen LogP contribution in [0.15, 0.2) is 18.2 Å². The first kappa shape index (κ1) is 20.6. The third-order valence-corrected chi connectivity index (χ3v) is 6.14. The van der Waals surface area contributed by atoms with Crippen molar-refractivity contribution in [1.29, 1.82) is 5.26 Å². The molecule has 0 bridgehead atoms. The summed E-state index contributed by atoms with van der Waals surface area (Å²) in [6, 6.07) is 6.69. The lowest BCUT2D eigenvalue weighted by molar-refractivity contribution is -0.384. The number of thiophene rings is 1. The van der Waals surface area contributed by atoms with Gasteiger partial charge in [0.2, 0.25) is 0 Å². The predicted molar refractivity (Wildman–Crippen MR) is 106 cm³/mol. The number of ether oxygens (including phenoxy) is 2. The lowest BCUT2D eigenvalue weighted by Crippen LogP contribution is -2.22. The molecule has 1 atom stereocenters. The second-order valence-electron chi connectivity index (χ2n) is 6.52. The van der Waals surface area contributed by atoms with Gasteiger partial charge < -0.3 is 19.5 Å². The Morgan fingerprint density at radius 3 is 2.79 bits per heavy atom. The van der Waals surface area contributed by atoms with Gasteiger partial charge in [0.1, 0.15) is 21.7 Å². The third-order valence-electron chi connectivity index (χ3n) is 4.85. The molecule has 152 valence electrons. The van der Waals surface area contributed by atoms with E-state index in [1.165, 1.54) is 20.3 Å². The monoisotopic (exact) mass is 417 g/mol. The van der Waals surface area contributed by atoms with E-state index in [1.54, 1.807) is 12.1 Å². The summed E-state index contributed by atoms with van der Waals surface area (Å²) in [6.45, 7) is 1.07. The van der Waals surface area contributed by atoms with Crippen LogP contribution >= 0.6 is 11.3 Å². The minimum atomic E-state index is -0.796. The number of rotatable bonds is 6. The zero-order chi connectivity index (χ0) is 21.1. The zero-order valence-corrected chi connectivity index (χ0v) is 16.7. The highest BCUT2D eigenvalue weighted by Crippen LogP contribution is 2.48. The highest BCUT2D eigenvalue weighted by Gasteiger charge is 2.37. The van der Waals surface area contributed by atoms with E-state index in [0.717, 1.165) is 17.8 Å². The number of nitrogens with zero attached hydrogens (tertiary/aromatic N) is 3. The minimum absolute atomic E-state index is 0.00833. The van der Waals surface area contributed by atoms with Crippen molar-refractivity contribution in [3.05, 3.63) is 39.4 Å². The normalized spacial score (nSPS) is 15.8. The Morgan fingerprint density at radius 1 is 1.48 bits per heavy atom. The van der Waals surface area contributed by atoms with Gasteiger partial charge in [-0.05, 0) is 24.6 Å². The van der Waals surface area contributed by atoms with Crippen LogP contribution in [-0.4, -0.2) is 49.9 Å². The number of nitriles is 1. The molecular formula is C19H19N3O6S. The summed E-state index contributed by atoms with van der Waals surface area (Å²) in [5.74, 6) is -0.402. The maximum Gasteiger partial charge on any atom is 0.347 e. The lowest BCUT2D eigenvalue weighted by Gasteiger charge is -2.17. The number of hydrogen-bond acceptors (Lipinski definition) is 9. The number of carbonyl (C=O) groups is 1. The Labute approximate surface area is 170 Å². The SMILES string of the molecule is COC(=O)c1c(N2CC[C@H](CO)C2)sc(-c2ccc(OC)c(C#N)c2)c1[N+](=O)[O-]. The molecule has 0 aliphatic carbocycles. The summed E-state index contributed by atoms with van der Waals surface area (Å²) in [7, 11) is 2.61. The molecule has 1 aromatic carbocycles. The number of hydrogen-bond donors (Lipinski definition) is 1. The molecule has 2 aromatic rings. The number of aliphatic hydroxyl groups is 1. The maximum absolute atomic E-state index is 12.5. The van der Waals surface area contributed by atoms with Crippen molar-refractivity contribution in [3.8, 4) is 22.3 Å². The van der Waals surface area contributed by atoms with Gasteiger partial charge in [-0.25, -0.2) is 4.79 Å². The smallest absolute Gasteiger partial charge is 0.347 e. The van der Waals surface area contributed by atoms with Crippen LogP contribution in [0.5, 0.6) is 5.75 Å². The Kier molecular flexibility index (Phi) is 6.00. The van der Waals surface area contributed by atoms with Crippen molar-refractivity contribution in [2.24, 2.45) is 5.92 Å². The molecule has 1 aliphatic heterocycles. The molecule has 0 saturated carbocycles. The topological polar surface area (TPSA) is 126 Å². The van der Waals surface area contributed by atoms with Crippen molar-refractivity contribution in [2.75, 3.05) is 38.8 Å². The molecule has 1 aromatic heterocycles. The Balaban J connectivity index is 2.21. The molecule has 1 fully saturated rings. The molecule has 2 heterocycles. The van der Waals surface area contributed by atoms with Gasteiger partial charge in [0.25, 0.3) is 0 Å². The van der Waals surface area contributed by atoms with Crippen molar-refractivity contribution in [3.63, 3.8) is 0 Å². The molecule has 29 heavy (non-hydrogen) atoms. The van der Waals surface area contributed by atoms with Crippen LogP contribution in [0.2, 0.25) is 0 Å². The van der Waals surface area contributed by atoms with E-state index >= 15 is 0 Å². The number of benzene rings is 1. The van der Waals surface area contributed by atoms with E-state index in [0.29, 0.717) is 29.4 Å². The highest BCUT2D eigenvalue weighted by atomic mass is 32.1. The van der Waals surface area contributed by atoms with Gasteiger partial charge in [-0.15, -0.1) is 11.3 Å². The lowest BCUT2D eigenvalue weighted by atomic mass is 10.1. The molecule has 0 spiro atoms. The van der Waals surface area contributed by atoms with Crippen LogP contribution < -0.4 is 9.64 Å². The fraction of sp³-hybridized carbons (Fsp3) is 0.368. The predicted octanol–water partition coefficient (Wildman–Crippen LogP) is 2.81. The minimum Gasteiger partial charge on any atom is -0.495 e. The average molecular weight is 417 g/mol. The molecule has 1 saturated heterocycles. The summed E-state index contributed by atoms with van der Waals surface area (Å²) < 4.78 is 9.96. The summed E-state index contributed by atoms with van der Waals surface area (Å²) in [4.78, 5) is 25.9. The molecule has 1 N–H and O–H groups in total. The highest BCUT2D eigenvalue weighted by molar-refractivity contribution is 7.20. The van der Waals surface area contributed by atoms with Gasteiger partial charge >= 0.3 is 11.7 Å². The van der Waals surface area contributed by atoms with Crippen LogP contribution in [-0.2, 0) is 4.74 Å². The van der Waals surface area contributed by atoms with Crippen molar-refractivity contribution in [2.45, 2.75) is 6.42 Å². The number of aliphatic hydroxyl groups excluding tert-OH is 1. The van der Waals surface area contributed by atoms with Crippen molar-refractivity contribution in [1.82, 2.24) is 0 Å². The Hall–Kier alpha value is -3.16. The summed E-state index contributed by atoms with van der Waals surface area (Å²) >= 11 is 1.11. The standard InChI is InChI=1S/C19H19N3O6S/c1-27-14-4-3-12(7-13(14)8-20)17-16(22(25)26)15(19(24)28-2)18(29-17)21-6-5-11(9-21)10-23/h3-4,7,11,23H,5-6,9-10H2,1-2H3/t11-/m0/s1. The van der Waals surface area contributed by atoms with Crippen LogP contribution in [0.4, 0.5) is 10.7 Å². The van der Waals surface area contributed by atoms with E-state index in [1.807, 2.05) is 11.0 Å². The van der Waals surface area contributed by atoms with E-state index < -0.39 is 10.9 Å². The van der Waals surface area contributed by atoms with Crippen molar-refractivity contribution >= 4 is 28.0 Å². The Bertz CT molecular complexity index is 997. The second-order valence-corrected chi connectivity index (χ2v) is 7.52. The molecule has 9 nitrogen and oxygen atoms in total. The maximum atomic E-state index is 12.5. The molecule has 10 heteroatoms. The van der Waals surface area contributed by atoms with Gasteiger partial charge in [0.15, 0.2) is 5.56 Å². The second kappa shape index (κ2) is 8.46. The van der Waals surface area contributed by atoms with Gasteiger partial charge in [-0.2, -0.15) is 5.26 Å². The average Bonchev–Trinajstić information content (AvgIpc) is 3.37. The number of carbonyl (C=O) groups excluding carboxylic acids is 1. The number of esters is 1. The molecule has 1 aliphatic rings. The fourth-order valence-corrected chi connectivity index (χ4v) is 4.68. The largest absolute Gasteiger partial charge is 0.495 e. The first-order valence-electron chi connectivity index (χ1n) is 8.78. The van der Waals surface area contributed by atoms with Gasteiger partial charge in [0, 0.05) is 31.2 Å². The van der Waals surface area contributed by atoms with Gasteiger partial charge in [-0.3, -0.25) is 10.1 Å². The van der Waals surface area contributed by atoms with Crippen LogP contribution in [0.1, 0.15) is 22.3 Å². The molecular weight excluding hydrogens is 398 g/mol. The first-order valence-corrected chi connectivity index (χ1v) is 9.60. The summed E-state index contributed by atoms with van der Waals surface area (Å²) in [5.41, 5.74) is 0.215. The van der Waals surface area contributed by atoms with Crippen molar-refractivity contribution < 1.29 is 24.3 Å². The summed E-state index contributed by atoms with van der Waals surface area (Å²) in [5, 5.41) is 31.1.